The van der Waals surface area contributed by atoms with Crippen molar-refractivity contribution in [2.24, 2.45) is 4.99 Å². The average molecular weight is 271 g/mol. The van der Waals surface area contributed by atoms with Crippen molar-refractivity contribution in [3.05, 3.63) is 69.8 Å². The molecule has 20 heavy (non-hydrogen) atoms. The van der Waals surface area contributed by atoms with E-state index in [1.54, 1.807) is 12.1 Å². The number of nitrogens with zero attached hydrogens (tertiary/aromatic N) is 2. The van der Waals surface area contributed by atoms with E-state index < -0.39 is 4.92 Å². The molecule has 0 aliphatic heterocycles. The molecule has 0 saturated carbocycles. The normalized spacial score (nSPS) is 11.2. The standard InChI is InChI=1S/C14H13N3O3/c1-10-5-2-3-8-13(10)15-14(16-18)11-6-4-7-12(9-11)17(19)20/h2-9,18H,1H3,(H,15,16). The van der Waals surface area contributed by atoms with Crippen LogP contribution in [-0.2, 0) is 0 Å². The number of benzene rings is 2. The minimum absolute atomic E-state index is 0.0600. The largest absolute Gasteiger partial charge is 0.290 e. The van der Waals surface area contributed by atoms with Gasteiger partial charge in [-0.05, 0) is 18.6 Å². The smallest absolute Gasteiger partial charge is 0.270 e. The summed E-state index contributed by atoms with van der Waals surface area (Å²) in [5.41, 5.74) is 3.98. The van der Waals surface area contributed by atoms with E-state index in [4.69, 9.17) is 0 Å². The van der Waals surface area contributed by atoms with E-state index in [0.717, 1.165) is 5.56 Å². The highest BCUT2D eigenvalue weighted by atomic mass is 16.6. The van der Waals surface area contributed by atoms with E-state index in [1.165, 1.54) is 18.2 Å². The number of aryl methyl sites for hydroxylation is 1. The molecule has 0 saturated heterocycles. The summed E-state index contributed by atoms with van der Waals surface area (Å²) in [7, 11) is 0. The molecular formula is C14H13N3O3. The molecule has 0 aliphatic carbocycles. The van der Waals surface area contributed by atoms with Crippen LogP contribution in [0.5, 0.6) is 0 Å². The Morgan fingerprint density at radius 3 is 2.65 bits per heavy atom. The molecule has 6 nitrogen and oxygen atoms in total. The van der Waals surface area contributed by atoms with Crippen molar-refractivity contribution in [3.63, 3.8) is 0 Å². The number of hydrogen-bond donors (Lipinski definition) is 2. The summed E-state index contributed by atoms with van der Waals surface area (Å²) in [6, 6.07) is 13.3. The molecule has 0 heterocycles. The topological polar surface area (TPSA) is 87.8 Å². The van der Waals surface area contributed by atoms with Crippen molar-refractivity contribution in [1.82, 2.24) is 5.48 Å². The van der Waals surface area contributed by atoms with Gasteiger partial charge in [0.15, 0.2) is 5.84 Å². The lowest BCUT2D eigenvalue weighted by atomic mass is 10.1. The fraction of sp³-hybridized carbons (Fsp3) is 0.0714. The number of nitro benzene ring substituents is 1. The van der Waals surface area contributed by atoms with Crippen LogP contribution in [-0.4, -0.2) is 16.0 Å². The third kappa shape index (κ3) is 2.99. The van der Waals surface area contributed by atoms with Gasteiger partial charge in [-0.25, -0.2) is 4.99 Å². The first kappa shape index (κ1) is 13.7. The molecule has 0 bridgehead atoms. The SMILES string of the molecule is Cc1ccccc1N=C(NO)c1cccc([N+](=O)[O-])c1. The third-order valence-corrected chi connectivity index (χ3v) is 2.78. The van der Waals surface area contributed by atoms with Gasteiger partial charge in [0, 0.05) is 17.7 Å². The number of hydroxylamine groups is 1. The molecule has 0 aromatic heterocycles. The van der Waals surface area contributed by atoms with Crippen molar-refractivity contribution in [3.8, 4) is 0 Å². The predicted octanol–water partition coefficient (Wildman–Crippen LogP) is 2.96. The highest BCUT2D eigenvalue weighted by molar-refractivity contribution is 6.00. The van der Waals surface area contributed by atoms with Gasteiger partial charge in [0.25, 0.3) is 5.69 Å². The maximum atomic E-state index is 10.8. The van der Waals surface area contributed by atoms with E-state index in [-0.39, 0.29) is 11.5 Å². The number of hydrogen-bond acceptors (Lipinski definition) is 4. The molecule has 0 amide bonds. The molecule has 2 aromatic carbocycles. The maximum absolute atomic E-state index is 10.8. The molecule has 2 aromatic rings. The van der Waals surface area contributed by atoms with Crippen LogP contribution >= 0.6 is 0 Å². The van der Waals surface area contributed by atoms with Gasteiger partial charge in [0.2, 0.25) is 0 Å². The molecule has 0 spiro atoms. The van der Waals surface area contributed by atoms with E-state index in [9.17, 15) is 15.3 Å². The Bertz CT molecular complexity index is 668. The second-order valence-corrected chi connectivity index (χ2v) is 4.17. The van der Waals surface area contributed by atoms with Crippen molar-refractivity contribution in [2.45, 2.75) is 6.92 Å². The van der Waals surface area contributed by atoms with Gasteiger partial charge in [-0.2, -0.15) is 0 Å². The first-order valence-electron chi connectivity index (χ1n) is 5.91. The Balaban J connectivity index is 2.45. The second-order valence-electron chi connectivity index (χ2n) is 4.17. The zero-order valence-electron chi connectivity index (χ0n) is 10.8. The van der Waals surface area contributed by atoms with Crippen LogP contribution in [0.15, 0.2) is 53.5 Å². The van der Waals surface area contributed by atoms with Gasteiger partial charge in [0.1, 0.15) is 0 Å². The van der Waals surface area contributed by atoms with Gasteiger partial charge < -0.3 is 0 Å². The van der Waals surface area contributed by atoms with E-state index in [0.29, 0.717) is 11.3 Å². The number of amidine groups is 1. The monoisotopic (exact) mass is 271 g/mol. The average Bonchev–Trinajstić information content (AvgIpc) is 2.46. The van der Waals surface area contributed by atoms with E-state index >= 15 is 0 Å². The van der Waals surface area contributed by atoms with E-state index in [1.807, 2.05) is 30.6 Å². The highest BCUT2D eigenvalue weighted by Gasteiger charge is 2.10. The maximum Gasteiger partial charge on any atom is 0.270 e. The van der Waals surface area contributed by atoms with Gasteiger partial charge in [0.05, 0.1) is 10.6 Å². The Hall–Kier alpha value is -2.73. The fourth-order valence-electron chi connectivity index (χ4n) is 1.73. The van der Waals surface area contributed by atoms with Crippen LogP contribution in [0.4, 0.5) is 11.4 Å². The second kappa shape index (κ2) is 5.94. The number of nitro groups is 1. The van der Waals surface area contributed by atoms with E-state index in [2.05, 4.69) is 4.99 Å². The molecular weight excluding hydrogens is 258 g/mol. The summed E-state index contributed by atoms with van der Waals surface area (Å²) in [6.07, 6.45) is 0. The van der Waals surface area contributed by atoms with Crippen LogP contribution in [0, 0.1) is 17.0 Å². The van der Waals surface area contributed by atoms with Gasteiger partial charge in [-0.1, -0.05) is 30.3 Å². The lowest BCUT2D eigenvalue weighted by molar-refractivity contribution is -0.384. The van der Waals surface area contributed by atoms with Crippen LogP contribution in [0.25, 0.3) is 0 Å². The van der Waals surface area contributed by atoms with Crippen LogP contribution in [0.1, 0.15) is 11.1 Å². The van der Waals surface area contributed by atoms with Crippen molar-refractivity contribution in [2.75, 3.05) is 0 Å². The first-order valence-corrected chi connectivity index (χ1v) is 5.91. The molecule has 0 atom stereocenters. The summed E-state index contributed by atoms with van der Waals surface area (Å²) < 4.78 is 0. The first-order chi connectivity index (χ1) is 9.61. The quantitative estimate of drug-likeness (QED) is 0.389. The highest BCUT2D eigenvalue weighted by Crippen LogP contribution is 2.19. The van der Waals surface area contributed by atoms with Crippen LogP contribution < -0.4 is 5.48 Å². The minimum Gasteiger partial charge on any atom is -0.290 e. The number of aliphatic imine (C=N–C) groups is 1. The predicted molar refractivity (Wildman–Crippen MR) is 75.4 cm³/mol. The molecule has 2 N–H and O–H groups in total. The van der Waals surface area contributed by atoms with Gasteiger partial charge >= 0.3 is 0 Å². The summed E-state index contributed by atoms with van der Waals surface area (Å²) in [5.74, 6) is 0.156. The summed E-state index contributed by atoms with van der Waals surface area (Å²) >= 11 is 0. The molecule has 0 unspecified atom stereocenters. The Morgan fingerprint density at radius 2 is 2.00 bits per heavy atom. The summed E-state index contributed by atoms with van der Waals surface area (Å²) in [4.78, 5) is 14.5. The molecule has 0 fully saturated rings. The molecule has 6 heteroatoms. The zero-order chi connectivity index (χ0) is 14.5. The van der Waals surface area contributed by atoms with Crippen LogP contribution in [0.2, 0.25) is 0 Å². The Kier molecular flexibility index (Phi) is 4.07. The number of non-ortho nitro benzene ring substituents is 1. The number of para-hydroxylation sites is 1. The zero-order valence-corrected chi connectivity index (χ0v) is 10.8. The summed E-state index contributed by atoms with van der Waals surface area (Å²) in [6.45, 7) is 1.89. The van der Waals surface area contributed by atoms with Crippen molar-refractivity contribution >= 4 is 17.2 Å². The minimum atomic E-state index is -0.494. The van der Waals surface area contributed by atoms with Gasteiger partial charge in [-0.15, -0.1) is 0 Å². The van der Waals surface area contributed by atoms with Crippen molar-refractivity contribution < 1.29 is 10.1 Å². The fourth-order valence-corrected chi connectivity index (χ4v) is 1.73. The third-order valence-electron chi connectivity index (χ3n) is 2.78. The Morgan fingerprint density at radius 1 is 1.25 bits per heavy atom. The molecule has 0 radical (unpaired) electrons. The Labute approximate surface area is 115 Å². The van der Waals surface area contributed by atoms with Crippen LogP contribution in [0.3, 0.4) is 0 Å². The number of rotatable bonds is 3. The van der Waals surface area contributed by atoms with Crippen molar-refractivity contribution in [1.29, 1.82) is 0 Å². The lowest BCUT2D eigenvalue weighted by Crippen LogP contribution is -2.20. The molecule has 0 aliphatic rings. The lowest BCUT2D eigenvalue weighted by Gasteiger charge is -2.06. The van der Waals surface area contributed by atoms with Gasteiger partial charge in [-0.3, -0.25) is 20.8 Å². The molecule has 102 valence electrons. The molecule has 2 rings (SSSR count). The summed E-state index contributed by atoms with van der Waals surface area (Å²) in [5, 5.41) is 20.0. The number of nitrogens with one attached hydrogen (secondary N) is 1.